The van der Waals surface area contributed by atoms with E-state index in [9.17, 15) is 4.79 Å². The lowest BCUT2D eigenvalue weighted by Gasteiger charge is -2.13. The van der Waals surface area contributed by atoms with Crippen molar-refractivity contribution >= 4 is 17.2 Å². The van der Waals surface area contributed by atoms with Crippen LogP contribution in [0.1, 0.15) is 59.3 Å². The van der Waals surface area contributed by atoms with Crippen molar-refractivity contribution < 1.29 is 4.79 Å². The van der Waals surface area contributed by atoms with Gasteiger partial charge in [0.05, 0.1) is 5.56 Å². The third-order valence-electron chi connectivity index (χ3n) is 4.80. The minimum absolute atomic E-state index is 0.0105. The number of hydrogen-bond acceptors (Lipinski definition) is 5. The van der Waals surface area contributed by atoms with E-state index in [2.05, 4.69) is 26.9 Å². The molecule has 4 rings (SSSR count). The number of aromatic nitrogens is 4. The number of carbonyl (C=O) groups is 1. The van der Waals surface area contributed by atoms with Crippen LogP contribution >= 0.6 is 11.3 Å². The van der Waals surface area contributed by atoms with Crippen molar-refractivity contribution in [2.24, 2.45) is 0 Å². The van der Waals surface area contributed by atoms with Gasteiger partial charge in [-0.25, -0.2) is 0 Å². The highest BCUT2D eigenvalue weighted by Crippen LogP contribution is 2.37. The van der Waals surface area contributed by atoms with Crippen LogP contribution in [0.5, 0.6) is 0 Å². The molecule has 1 amide bonds. The molecule has 6 nitrogen and oxygen atoms in total. The van der Waals surface area contributed by atoms with Crippen molar-refractivity contribution in [3.63, 3.8) is 0 Å². The molecule has 0 aromatic carbocycles. The van der Waals surface area contributed by atoms with Crippen LogP contribution in [0.25, 0.3) is 5.00 Å². The molecule has 2 aromatic rings. The predicted octanol–water partition coefficient (Wildman–Crippen LogP) is 2.83. The Labute approximate surface area is 145 Å². The molecule has 0 spiro atoms. The smallest absolute Gasteiger partial charge is 0.254 e. The highest BCUT2D eigenvalue weighted by atomic mass is 32.1. The lowest BCUT2D eigenvalue weighted by atomic mass is 9.97. The van der Waals surface area contributed by atoms with Crippen LogP contribution in [0.4, 0.5) is 0 Å². The molecule has 2 heterocycles. The molecular formula is C17H21N5OS. The Kier molecular flexibility index (Phi) is 4.42. The monoisotopic (exact) mass is 343 g/mol. The summed E-state index contributed by atoms with van der Waals surface area (Å²) in [6, 6.07) is 0. The first-order chi connectivity index (χ1) is 11.8. The number of thiophene rings is 1. The maximum Gasteiger partial charge on any atom is 0.254 e. The number of allylic oxidation sites excluding steroid dienone is 1. The number of amides is 1. The highest BCUT2D eigenvalue weighted by molar-refractivity contribution is 7.15. The van der Waals surface area contributed by atoms with Gasteiger partial charge < -0.3 is 5.32 Å². The summed E-state index contributed by atoms with van der Waals surface area (Å²) in [7, 11) is 0. The first-order valence-electron chi connectivity index (χ1n) is 8.67. The topological polar surface area (TPSA) is 72.7 Å². The summed E-state index contributed by atoms with van der Waals surface area (Å²) in [4.78, 5) is 14.1. The Morgan fingerprint density at radius 2 is 2.21 bits per heavy atom. The van der Waals surface area contributed by atoms with E-state index in [0.717, 1.165) is 36.2 Å². The minimum Gasteiger partial charge on any atom is -0.352 e. The van der Waals surface area contributed by atoms with Gasteiger partial charge in [0, 0.05) is 11.4 Å². The van der Waals surface area contributed by atoms with Crippen LogP contribution in [0.2, 0.25) is 0 Å². The quantitative estimate of drug-likeness (QED) is 0.847. The normalized spacial score (nSPS) is 16.8. The molecule has 24 heavy (non-hydrogen) atoms. The molecule has 0 fully saturated rings. The molecule has 0 atom stereocenters. The van der Waals surface area contributed by atoms with Crippen molar-refractivity contribution in [3.8, 4) is 5.00 Å². The average molecular weight is 343 g/mol. The molecule has 1 N–H and O–H groups in total. The molecule has 0 radical (unpaired) electrons. The minimum atomic E-state index is 0.0105. The van der Waals surface area contributed by atoms with Crippen molar-refractivity contribution in [2.45, 2.75) is 51.4 Å². The highest BCUT2D eigenvalue weighted by Gasteiger charge is 2.27. The van der Waals surface area contributed by atoms with Crippen molar-refractivity contribution in [1.82, 2.24) is 25.5 Å². The van der Waals surface area contributed by atoms with Gasteiger partial charge in [-0.2, -0.15) is 4.68 Å². The summed E-state index contributed by atoms with van der Waals surface area (Å²) >= 11 is 1.64. The van der Waals surface area contributed by atoms with E-state index in [1.54, 1.807) is 22.3 Å². The zero-order valence-electron chi connectivity index (χ0n) is 13.6. The SMILES string of the molecule is O=C(NCCC1=CCCCC1)c1c(-n2cnnn2)sc2c1CCC2. The summed E-state index contributed by atoms with van der Waals surface area (Å²) < 4.78 is 1.61. The molecule has 7 heteroatoms. The Balaban J connectivity index is 1.50. The molecule has 2 aromatic heterocycles. The first-order valence-corrected chi connectivity index (χ1v) is 9.48. The third kappa shape index (κ3) is 3.00. The summed E-state index contributed by atoms with van der Waals surface area (Å²) in [5.74, 6) is 0.0105. The maximum atomic E-state index is 12.8. The number of hydrogen-bond donors (Lipinski definition) is 1. The van der Waals surface area contributed by atoms with Gasteiger partial charge in [-0.3, -0.25) is 4.79 Å². The number of fused-ring (bicyclic) bond motifs is 1. The van der Waals surface area contributed by atoms with Gasteiger partial charge in [-0.15, -0.1) is 16.4 Å². The van der Waals surface area contributed by atoms with E-state index in [4.69, 9.17) is 0 Å². The molecule has 0 bridgehead atoms. The molecule has 0 saturated heterocycles. The van der Waals surface area contributed by atoms with Crippen LogP contribution < -0.4 is 5.32 Å². The predicted molar refractivity (Wildman–Crippen MR) is 92.6 cm³/mol. The van der Waals surface area contributed by atoms with E-state index in [1.165, 1.54) is 41.7 Å². The van der Waals surface area contributed by atoms with Gasteiger partial charge in [0.15, 0.2) is 0 Å². The number of tetrazole rings is 1. The van der Waals surface area contributed by atoms with E-state index in [-0.39, 0.29) is 5.91 Å². The summed E-state index contributed by atoms with van der Waals surface area (Å²) in [6.45, 7) is 0.699. The van der Waals surface area contributed by atoms with Gasteiger partial charge in [-0.1, -0.05) is 11.6 Å². The molecule has 2 aliphatic carbocycles. The number of aryl methyl sites for hydroxylation is 1. The Morgan fingerprint density at radius 1 is 1.25 bits per heavy atom. The third-order valence-corrected chi connectivity index (χ3v) is 6.09. The molecular weight excluding hydrogens is 322 g/mol. The molecule has 0 saturated carbocycles. The lowest BCUT2D eigenvalue weighted by molar-refractivity contribution is 0.0953. The van der Waals surface area contributed by atoms with Gasteiger partial charge in [-0.05, 0) is 67.4 Å². The summed E-state index contributed by atoms with van der Waals surface area (Å²) in [5.41, 5.74) is 3.45. The average Bonchev–Trinajstić information content (AvgIpc) is 3.31. The second kappa shape index (κ2) is 6.84. The van der Waals surface area contributed by atoms with Crippen LogP contribution in [0.3, 0.4) is 0 Å². The molecule has 2 aliphatic rings. The van der Waals surface area contributed by atoms with E-state index in [1.807, 2.05) is 0 Å². The summed E-state index contributed by atoms with van der Waals surface area (Å²) in [6.07, 6.45) is 13.0. The lowest BCUT2D eigenvalue weighted by Crippen LogP contribution is -2.26. The Bertz CT molecular complexity index is 762. The molecule has 0 unspecified atom stereocenters. The van der Waals surface area contributed by atoms with Crippen LogP contribution in [-0.2, 0) is 12.8 Å². The second-order valence-electron chi connectivity index (χ2n) is 6.41. The number of nitrogens with one attached hydrogen (secondary N) is 1. The van der Waals surface area contributed by atoms with Crippen molar-refractivity contribution in [1.29, 1.82) is 0 Å². The zero-order valence-corrected chi connectivity index (χ0v) is 14.4. The van der Waals surface area contributed by atoms with Crippen LogP contribution in [-0.4, -0.2) is 32.7 Å². The number of rotatable bonds is 5. The van der Waals surface area contributed by atoms with Crippen molar-refractivity contribution in [2.75, 3.05) is 6.54 Å². The van der Waals surface area contributed by atoms with Gasteiger partial charge in [0.1, 0.15) is 11.3 Å². The standard InChI is InChI=1S/C17H21N5OS/c23-16(18-10-9-12-5-2-1-3-6-12)15-13-7-4-8-14(13)24-17(15)22-11-19-20-21-22/h5,11H,1-4,6-10H2,(H,18,23). The largest absolute Gasteiger partial charge is 0.352 e. The number of nitrogens with zero attached hydrogens (tertiary/aromatic N) is 4. The van der Waals surface area contributed by atoms with Gasteiger partial charge in [0.25, 0.3) is 5.91 Å². The van der Waals surface area contributed by atoms with Crippen LogP contribution in [0, 0.1) is 0 Å². The van der Waals surface area contributed by atoms with E-state index < -0.39 is 0 Å². The number of carbonyl (C=O) groups excluding carboxylic acids is 1. The fourth-order valence-corrected chi connectivity index (χ4v) is 4.90. The van der Waals surface area contributed by atoms with Crippen LogP contribution in [0.15, 0.2) is 18.0 Å². The zero-order chi connectivity index (χ0) is 16.4. The first kappa shape index (κ1) is 15.5. The van der Waals surface area contributed by atoms with Gasteiger partial charge in [0.2, 0.25) is 0 Å². The van der Waals surface area contributed by atoms with E-state index in [0.29, 0.717) is 6.54 Å². The molecule has 126 valence electrons. The maximum absolute atomic E-state index is 12.8. The Morgan fingerprint density at radius 3 is 3.00 bits per heavy atom. The fourth-order valence-electron chi connectivity index (χ4n) is 3.60. The van der Waals surface area contributed by atoms with Gasteiger partial charge >= 0.3 is 0 Å². The summed E-state index contributed by atoms with van der Waals surface area (Å²) in [5, 5.41) is 15.3. The van der Waals surface area contributed by atoms with E-state index >= 15 is 0 Å². The van der Waals surface area contributed by atoms with Crippen molar-refractivity contribution in [3.05, 3.63) is 34.0 Å². The molecule has 0 aliphatic heterocycles. The Hall–Kier alpha value is -2.02. The fraction of sp³-hybridized carbons (Fsp3) is 0.529. The second-order valence-corrected chi connectivity index (χ2v) is 7.49.